The number of carbonyl (C=O) groups is 2. The van der Waals surface area contributed by atoms with Crippen molar-refractivity contribution in [3.05, 3.63) is 5.82 Å². The summed E-state index contributed by atoms with van der Waals surface area (Å²) in [4.78, 5) is 25.4. The van der Waals surface area contributed by atoms with Crippen molar-refractivity contribution in [3.8, 4) is 0 Å². The van der Waals surface area contributed by atoms with Gasteiger partial charge in [0, 0.05) is 43.9 Å². The molecule has 53 heavy (non-hydrogen) atoms. The Morgan fingerprint density at radius 3 is 1.40 bits per heavy atom. The molecule has 1 aromatic heterocycles. The van der Waals surface area contributed by atoms with E-state index < -0.39 is 17.4 Å². The molecule has 2 heterocycles. The lowest BCUT2D eigenvalue weighted by Crippen LogP contribution is -2.39. The van der Waals surface area contributed by atoms with Gasteiger partial charge in [0.15, 0.2) is 5.82 Å². The fraction of sp³-hybridized carbons (Fsp3) is 0.929. The highest BCUT2D eigenvalue weighted by atomic mass is 16.4. The molecular formula is C42H92N7O4+. The van der Waals surface area contributed by atoms with E-state index in [0.29, 0.717) is 18.0 Å². The number of quaternary nitrogens is 1. The number of tetrazole rings is 1. The summed E-state index contributed by atoms with van der Waals surface area (Å²) in [6.45, 7) is 44.5. The highest BCUT2D eigenvalue weighted by molar-refractivity contribution is 5.73. The molecule has 1 saturated heterocycles. The standard InChI is InChI=1S/C10H23N.C8H17N.C7H18N.C7H14O2.C5H10N4.C5H10O2/c1-8(2)7-11(9(3)4)10(5)6;1-8(2)7-9-5-3-4-6-9;1-7(2)6-8(3,4)5;1-5(2)7(3,4)6(8)9;1-4(2)3-5-6-8-9-7-5;1-4(2)3-5(6)7/h8-10H,7H2,1-6H3;8H,3-7H2,1-2H3;7H,6H2,1-5H3;5H,1-4H3,(H,8,9);4H,3H2,1-2H3,(H,6,7,8,9);4H,3H2,1-2H3,(H,6,7)/q;;+1;;;. The Morgan fingerprint density at radius 1 is 0.755 bits per heavy atom. The lowest BCUT2D eigenvalue weighted by atomic mass is 9.81. The SMILES string of the molecule is CC(C)C(C)(C)C(=O)O.CC(C)CC(=O)O.CC(C)CN(C(C)C)C(C)C.CC(C)CN1CCCC1.CC(C)C[N+](C)(C)C.CC(C)Cc1nn[nH]n1. The van der Waals surface area contributed by atoms with Crippen LogP contribution in [0.5, 0.6) is 0 Å². The lowest BCUT2D eigenvalue weighted by Gasteiger charge is -2.31. The van der Waals surface area contributed by atoms with E-state index in [2.05, 4.69) is 135 Å². The van der Waals surface area contributed by atoms with E-state index in [1.165, 1.54) is 45.6 Å². The molecule has 1 aliphatic heterocycles. The Bertz CT molecular complexity index is 970. The van der Waals surface area contributed by atoms with Crippen molar-refractivity contribution in [2.24, 2.45) is 40.9 Å². The Hall–Kier alpha value is -2.11. The highest BCUT2D eigenvalue weighted by Gasteiger charge is 2.30. The van der Waals surface area contributed by atoms with Gasteiger partial charge in [-0.1, -0.05) is 88.3 Å². The van der Waals surface area contributed by atoms with E-state index in [9.17, 15) is 9.59 Å². The zero-order valence-electron chi connectivity index (χ0n) is 38.9. The number of nitrogens with one attached hydrogen (secondary N) is 1. The molecule has 11 heteroatoms. The van der Waals surface area contributed by atoms with Crippen molar-refractivity contribution in [1.29, 1.82) is 0 Å². The van der Waals surface area contributed by atoms with Crippen LogP contribution in [-0.4, -0.2) is 123 Å². The molecule has 0 amide bonds. The molecule has 0 atom stereocenters. The van der Waals surface area contributed by atoms with Gasteiger partial charge >= 0.3 is 11.9 Å². The molecule has 0 spiro atoms. The van der Waals surface area contributed by atoms with Gasteiger partial charge in [-0.2, -0.15) is 5.21 Å². The first-order chi connectivity index (χ1) is 24.0. The van der Waals surface area contributed by atoms with Gasteiger partial charge < -0.3 is 19.6 Å². The smallest absolute Gasteiger partial charge is 0.309 e. The van der Waals surface area contributed by atoms with Crippen molar-refractivity contribution in [3.63, 3.8) is 0 Å². The summed E-state index contributed by atoms with van der Waals surface area (Å²) < 4.78 is 1.08. The zero-order chi connectivity index (χ0) is 42.7. The maximum absolute atomic E-state index is 10.5. The van der Waals surface area contributed by atoms with Crippen LogP contribution < -0.4 is 0 Å². The average molecular weight is 759 g/mol. The maximum Gasteiger partial charge on any atom is 0.309 e. The Balaban J connectivity index is -0.000000273. The number of aliphatic carboxylic acids is 2. The fourth-order valence-electron chi connectivity index (χ4n) is 5.25. The van der Waals surface area contributed by atoms with Crippen LogP contribution in [0.25, 0.3) is 0 Å². The molecule has 0 radical (unpaired) electrons. The molecule has 318 valence electrons. The van der Waals surface area contributed by atoms with Gasteiger partial charge in [0.1, 0.15) is 0 Å². The minimum Gasteiger partial charge on any atom is -0.481 e. The molecule has 1 fully saturated rings. The van der Waals surface area contributed by atoms with E-state index in [1.54, 1.807) is 13.8 Å². The monoisotopic (exact) mass is 759 g/mol. The summed E-state index contributed by atoms with van der Waals surface area (Å²) in [5, 5.41) is 30.2. The number of hydrogen-bond donors (Lipinski definition) is 3. The zero-order valence-corrected chi connectivity index (χ0v) is 38.9. The first-order valence-corrected chi connectivity index (χ1v) is 20.4. The number of nitrogens with zero attached hydrogens (tertiary/aromatic N) is 6. The Morgan fingerprint density at radius 2 is 1.23 bits per heavy atom. The molecule has 2 rings (SSSR count). The largest absolute Gasteiger partial charge is 0.481 e. The van der Waals surface area contributed by atoms with Crippen LogP contribution in [0.2, 0.25) is 0 Å². The first kappa shape index (κ1) is 57.6. The van der Waals surface area contributed by atoms with Crippen molar-refractivity contribution < 1.29 is 24.3 Å². The molecule has 0 aliphatic carbocycles. The second kappa shape index (κ2) is 31.1. The van der Waals surface area contributed by atoms with Gasteiger partial charge in [-0.25, -0.2) is 0 Å². The molecule has 3 N–H and O–H groups in total. The Labute approximate surface area is 329 Å². The molecule has 0 bridgehead atoms. The number of hydrogen-bond acceptors (Lipinski definition) is 7. The van der Waals surface area contributed by atoms with Gasteiger partial charge in [-0.15, -0.1) is 10.2 Å². The predicted octanol–water partition coefficient (Wildman–Crippen LogP) is 9.12. The van der Waals surface area contributed by atoms with Crippen LogP contribution in [0.4, 0.5) is 0 Å². The second-order valence-electron chi connectivity index (χ2n) is 19.1. The third-order valence-corrected chi connectivity index (χ3v) is 8.19. The van der Waals surface area contributed by atoms with Crippen molar-refractivity contribution in [1.82, 2.24) is 30.4 Å². The van der Waals surface area contributed by atoms with Crippen LogP contribution in [-0.2, 0) is 16.0 Å². The van der Waals surface area contributed by atoms with E-state index in [0.717, 1.165) is 34.5 Å². The van der Waals surface area contributed by atoms with Gasteiger partial charge in [-0.3, -0.25) is 14.5 Å². The second-order valence-corrected chi connectivity index (χ2v) is 19.1. The number of carboxylic acid groups (broad SMARTS) is 2. The number of aromatic nitrogens is 4. The third-order valence-electron chi connectivity index (χ3n) is 8.19. The van der Waals surface area contributed by atoms with Gasteiger partial charge in [0.05, 0.1) is 33.1 Å². The molecule has 1 aromatic rings. The normalized spacial score (nSPS) is 13.3. The number of H-pyrrole nitrogens is 1. The number of carboxylic acids is 2. The van der Waals surface area contributed by atoms with E-state index in [4.69, 9.17) is 10.2 Å². The molecule has 11 nitrogen and oxygen atoms in total. The minimum absolute atomic E-state index is 0.190. The van der Waals surface area contributed by atoms with E-state index in [-0.39, 0.29) is 18.3 Å². The molecular weight excluding hydrogens is 667 g/mol. The minimum atomic E-state index is -0.725. The average Bonchev–Trinajstić information content (AvgIpc) is 3.65. The van der Waals surface area contributed by atoms with Gasteiger partial charge in [-0.05, 0) is 97.1 Å². The van der Waals surface area contributed by atoms with E-state index >= 15 is 0 Å². The van der Waals surface area contributed by atoms with E-state index in [1.807, 2.05) is 27.7 Å². The summed E-state index contributed by atoms with van der Waals surface area (Å²) in [5.74, 6) is 2.87. The summed E-state index contributed by atoms with van der Waals surface area (Å²) in [6, 6.07) is 1.36. The van der Waals surface area contributed by atoms with Crippen LogP contribution in [0.3, 0.4) is 0 Å². The van der Waals surface area contributed by atoms with Crippen molar-refractivity contribution in [2.75, 3.05) is 53.9 Å². The van der Waals surface area contributed by atoms with Crippen molar-refractivity contribution in [2.45, 2.75) is 162 Å². The fourth-order valence-corrected chi connectivity index (χ4v) is 5.25. The molecule has 1 aliphatic rings. The molecule has 0 saturated carbocycles. The topological polar surface area (TPSA) is 136 Å². The third kappa shape index (κ3) is 40.9. The number of likely N-dealkylation sites (tertiary alicyclic amines) is 1. The van der Waals surface area contributed by atoms with Crippen LogP contribution in [0.1, 0.15) is 150 Å². The maximum atomic E-state index is 10.5. The van der Waals surface area contributed by atoms with Crippen LogP contribution in [0.15, 0.2) is 0 Å². The van der Waals surface area contributed by atoms with Gasteiger partial charge in [0.2, 0.25) is 0 Å². The number of aromatic amines is 1. The molecule has 0 aromatic carbocycles. The van der Waals surface area contributed by atoms with Gasteiger partial charge in [0.25, 0.3) is 0 Å². The highest BCUT2D eigenvalue weighted by Crippen LogP contribution is 2.25. The van der Waals surface area contributed by atoms with Crippen molar-refractivity contribution >= 4 is 11.9 Å². The predicted molar refractivity (Wildman–Crippen MR) is 226 cm³/mol. The number of rotatable bonds is 14. The molecule has 0 unspecified atom stereocenters. The quantitative estimate of drug-likeness (QED) is 0.159. The Kier molecular flexibility index (Phi) is 33.8. The lowest BCUT2D eigenvalue weighted by molar-refractivity contribution is -0.873. The summed E-state index contributed by atoms with van der Waals surface area (Å²) in [5.41, 5.74) is -0.583. The summed E-state index contributed by atoms with van der Waals surface area (Å²) in [7, 11) is 6.67. The summed E-state index contributed by atoms with van der Waals surface area (Å²) >= 11 is 0. The first-order valence-electron chi connectivity index (χ1n) is 20.4. The van der Waals surface area contributed by atoms with Crippen LogP contribution in [0, 0.1) is 40.9 Å². The van der Waals surface area contributed by atoms with Crippen LogP contribution >= 0.6 is 0 Å². The summed E-state index contributed by atoms with van der Waals surface area (Å²) in [6.07, 6.45) is 4.02.